The van der Waals surface area contributed by atoms with Crippen molar-refractivity contribution in [2.75, 3.05) is 25.7 Å². The largest absolute Gasteiger partial charge is 0.497 e. The number of methoxy groups -OCH3 is 2. The highest BCUT2D eigenvalue weighted by atomic mass is 16.5. The molecule has 152 valence electrons. The van der Waals surface area contributed by atoms with Gasteiger partial charge in [0, 0.05) is 43.2 Å². The Bertz CT molecular complexity index is 719. The van der Waals surface area contributed by atoms with E-state index in [1.807, 2.05) is 12.1 Å². The van der Waals surface area contributed by atoms with Crippen LogP contribution in [0.3, 0.4) is 0 Å². The van der Waals surface area contributed by atoms with E-state index in [4.69, 9.17) is 9.47 Å². The van der Waals surface area contributed by atoms with Gasteiger partial charge in [-0.15, -0.1) is 0 Å². The van der Waals surface area contributed by atoms with E-state index < -0.39 is 6.04 Å². The first-order valence-corrected chi connectivity index (χ1v) is 10.2. The summed E-state index contributed by atoms with van der Waals surface area (Å²) in [6, 6.07) is 6.09. The molecule has 3 atom stereocenters. The highest BCUT2D eigenvalue weighted by Crippen LogP contribution is 2.33. The van der Waals surface area contributed by atoms with Crippen molar-refractivity contribution in [3.8, 4) is 11.5 Å². The minimum atomic E-state index is -0.455. The van der Waals surface area contributed by atoms with Crippen LogP contribution in [0.15, 0.2) is 18.2 Å². The van der Waals surface area contributed by atoms with Gasteiger partial charge in [0.25, 0.3) is 0 Å². The molecule has 2 bridgehead atoms. The summed E-state index contributed by atoms with van der Waals surface area (Å²) in [7, 11) is 3.17. The van der Waals surface area contributed by atoms with Crippen LogP contribution in [0.25, 0.3) is 0 Å². The van der Waals surface area contributed by atoms with Gasteiger partial charge in [0.2, 0.25) is 11.8 Å². The van der Waals surface area contributed by atoms with E-state index in [0.29, 0.717) is 48.9 Å². The van der Waals surface area contributed by atoms with E-state index in [1.54, 1.807) is 25.2 Å². The summed E-state index contributed by atoms with van der Waals surface area (Å²) in [5.74, 6) is 1.61. The van der Waals surface area contributed by atoms with Crippen LogP contribution in [0.5, 0.6) is 11.5 Å². The molecule has 0 aliphatic carbocycles. The van der Waals surface area contributed by atoms with Crippen molar-refractivity contribution in [3.05, 3.63) is 18.2 Å². The van der Waals surface area contributed by atoms with Crippen LogP contribution in [-0.4, -0.2) is 50.7 Å². The van der Waals surface area contributed by atoms with Crippen LogP contribution in [-0.2, 0) is 9.59 Å². The second-order valence-electron chi connectivity index (χ2n) is 8.15. The molecule has 7 nitrogen and oxygen atoms in total. The molecule has 1 aromatic carbocycles. The zero-order valence-corrected chi connectivity index (χ0v) is 16.6. The number of rotatable bonds is 6. The lowest BCUT2D eigenvalue weighted by Crippen LogP contribution is -2.44. The van der Waals surface area contributed by atoms with E-state index in [-0.39, 0.29) is 11.8 Å². The van der Waals surface area contributed by atoms with Crippen LogP contribution in [0.1, 0.15) is 38.5 Å². The maximum absolute atomic E-state index is 12.9. The highest BCUT2D eigenvalue weighted by Gasteiger charge is 2.37. The molecule has 0 saturated carbocycles. The summed E-state index contributed by atoms with van der Waals surface area (Å²) in [4.78, 5) is 27.1. The first-order valence-electron chi connectivity index (χ1n) is 10.2. The van der Waals surface area contributed by atoms with Gasteiger partial charge in [0.1, 0.15) is 17.5 Å². The molecule has 3 unspecified atom stereocenters. The van der Waals surface area contributed by atoms with Crippen molar-refractivity contribution in [2.45, 2.75) is 56.7 Å². The van der Waals surface area contributed by atoms with Gasteiger partial charge >= 0.3 is 0 Å². The Hall–Kier alpha value is -2.28. The SMILES string of the molecule is COc1cc(OC)cc(N2CCC(NC(=O)CC3CC4CCC(C3)N4)C2=O)c1. The maximum atomic E-state index is 12.9. The standard InChI is InChI=1S/C21H29N3O4/c1-27-17-10-16(11-18(12-17)28-2)24-6-5-19(21(24)26)23-20(25)9-13-7-14-3-4-15(8-13)22-14/h10-15,19,22H,3-9H2,1-2H3,(H,23,25). The molecular weight excluding hydrogens is 358 g/mol. The monoisotopic (exact) mass is 387 g/mol. The lowest BCUT2D eigenvalue weighted by molar-refractivity contribution is -0.127. The zero-order valence-electron chi connectivity index (χ0n) is 16.6. The fourth-order valence-corrected chi connectivity index (χ4v) is 4.88. The van der Waals surface area contributed by atoms with E-state index in [0.717, 1.165) is 18.5 Å². The molecule has 3 saturated heterocycles. The van der Waals surface area contributed by atoms with E-state index >= 15 is 0 Å². The summed E-state index contributed by atoms with van der Waals surface area (Å²) in [6.07, 6.45) is 5.72. The van der Waals surface area contributed by atoms with E-state index in [2.05, 4.69) is 10.6 Å². The third-order valence-corrected chi connectivity index (χ3v) is 6.23. The second-order valence-corrected chi connectivity index (χ2v) is 8.15. The summed E-state index contributed by atoms with van der Waals surface area (Å²) in [6.45, 7) is 0.567. The number of ether oxygens (including phenoxy) is 2. The van der Waals surface area contributed by atoms with Crippen molar-refractivity contribution in [2.24, 2.45) is 5.92 Å². The molecule has 28 heavy (non-hydrogen) atoms. The first-order chi connectivity index (χ1) is 13.6. The Labute approximate surface area is 165 Å². The predicted molar refractivity (Wildman–Crippen MR) is 106 cm³/mol. The predicted octanol–water partition coefficient (Wildman–Crippen LogP) is 1.85. The number of hydrogen-bond acceptors (Lipinski definition) is 5. The molecule has 0 aromatic heterocycles. The quantitative estimate of drug-likeness (QED) is 0.779. The van der Waals surface area contributed by atoms with Gasteiger partial charge in [-0.2, -0.15) is 0 Å². The number of carbonyl (C=O) groups is 2. The minimum Gasteiger partial charge on any atom is -0.497 e. The highest BCUT2D eigenvalue weighted by molar-refractivity contribution is 6.01. The van der Waals surface area contributed by atoms with Crippen LogP contribution in [0, 0.1) is 5.92 Å². The van der Waals surface area contributed by atoms with Crippen molar-refractivity contribution in [3.63, 3.8) is 0 Å². The zero-order chi connectivity index (χ0) is 19.7. The van der Waals surface area contributed by atoms with E-state index in [1.165, 1.54) is 12.8 Å². The molecule has 1 aromatic rings. The van der Waals surface area contributed by atoms with Gasteiger partial charge in [-0.25, -0.2) is 0 Å². The summed E-state index contributed by atoms with van der Waals surface area (Å²) < 4.78 is 10.6. The number of carbonyl (C=O) groups excluding carboxylic acids is 2. The van der Waals surface area contributed by atoms with Crippen molar-refractivity contribution < 1.29 is 19.1 Å². The lowest BCUT2D eigenvalue weighted by Gasteiger charge is -2.28. The van der Waals surface area contributed by atoms with Gasteiger partial charge in [-0.05, 0) is 38.0 Å². The summed E-state index contributed by atoms with van der Waals surface area (Å²) >= 11 is 0. The molecule has 3 aliphatic rings. The van der Waals surface area contributed by atoms with E-state index in [9.17, 15) is 9.59 Å². The molecule has 2 N–H and O–H groups in total. The van der Waals surface area contributed by atoms with Crippen molar-refractivity contribution in [1.29, 1.82) is 0 Å². The normalized spacial score (nSPS) is 29.1. The Kier molecular flexibility index (Phi) is 5.44. The molecule has 2 amide bonds. The minimum absolute atomic E-state index is 0.00489. The molecule has 0 radical (unpaired) electrons. The topological polar surface area (TPSA) is 79.9 Å². The molecule has 3 aliphatic heterocycles. The van der Waals surface area contributed by atoms with Crippen LogP contribution in [0.4, 0.5) is 5.69 Å². The smallest absolute Gasteiger partial charge is 0.249 e. The third-order valence-electron chi connectivity index (χ3n) is 6.23. The number of fused-ring (bicyclic) bond motifs is 2. The summed E-state index contributed by atoms with van der Waals surface area (Å²) in [5, 5.41) is 6.57. The number of nitrogens with zero attached hydrogens (tertiary/aromatic N) is 1. The average Bonchev–Trinajstić information content (AvgIpc) is 3.23. The number of hydrogen-bond donors (Lipinski definition) is 2. The summed E-state index contributed by atoms with van der Waals surface area (Å²) in [5.41, 5.74) is 0.730. The number of benzene rings is 1. The van der Waals surface area contributed by atoms with Gasteiger partial charge in [0.05, 0.1) is 19.9 Å². The Balaban J connectivity index is 1.36. The molecule has 3 fully saturated rings. The van der Waals surface area contributed by atoms with Crippen LogP contribution in [0.2, 0.25) is 0 Å². The molecular formula is C21H29N3O4. The number of amides is 2. The van der Waals surface area contributed by atoms with Crippen molar-refractivity contribution >= 4 is 17.5 Å². The number of piperidine rings is 1. The fraction of sp³-hybridized carbons (Fsp3) is 0.619. The Morgan fingerprint density at radius 2 is 1.75 bits per heavy atom. The van der Waals surface area contributed by atoms with Gasteiger partial charge < -0.3 is 25.0 Å². The third kappa shape index (κ3) is 3.94. The number of anilines is 1. The lowest BCUT2D eigenvalue weighted by atomic mass is 9.89. The van der Waals surface area contributed by atoms with Crippen LogP contribution >= 0.6 is 0 Å². The van der Waals surface area contributed by atoms with Crippen molar-refractivity contribution in [1.82, 2.24) is 10.6 Å². The molecule has 3 heterocycles. The average molecular weight is 387 g/mol. The second kappa shape index (κ2) is 7.99. The Morgan fingerprint density at radius 3 is 2.36 bits per heavy atom. The van der Waals surface area contributed by atoms with Gasteiger partial charge in [0.15, 0.2) is 0 Å². The molecule has 7 heteroatoms. The fourth-order valence-electron chi connectivity index (χ4n) is 4.88. The van der Waals surface area contributed by atoms with Gasteiger partial charge in [-0.3, -0.25) is 9.59 Å². The molecule has 0 spiro atoms. The van der Waals surface area contributed by atoms with Crippen LogP contribution < -0.4 is 25.0 Å². The molecule has 4 rings (SSSR count). The Morgan fingerprint density at radius 1 is 1.11 bits per heavy atom. The van der Waals surface area contributed by atoms with Gasteiger partial charge in [-0.1, -0.05) is 0 Å². The first kappa shape index (κ1) is 19.1. The number of nitrogens with one attached hydrogen (secondary N) is 2. The maximum Gasteiger partial charge on any atom is 0.249 e.